The number of aromatic nitrogens is 3. The summed E-state index contributed by atoms with van der Waals surface area (Å²) in [5.74, 6) is 0.156. The molecule has 0 radical (unpaired) electrons. The minimum atomic E-state index is -3.95. The average molecular weight is 430 g/mol. The van der Waals surface area contributed by atoms with E-state index in [2.05, 4.69) is 20.1 Å². The molecule has 2 N–H and O–H groups in total. The van der Waals surface area contributed by atoms with Crippen LogP contribution in [0.2, 0.25) is 0 Å². The molecule has 0 aliphatic rings. The van der Waals surface area contributed by atoms with E-state index in [1.54, 1.807) is 31.3 Å². The topological polar surface area (TPSA) is 149 Å². The zero-order chi connectivity index (χ0) is 21.7. The predicted molar refractivity (Wildman–Crippen MR) is 107 cm³/mol. The van der Waals surface area contributed by atoms with Crippen molar-refractivity contribution in [3.8, 4) is 5.82 Å². The lowest BCUT2D eigenvalue weighted by atomic mass is 10.2. The van der Waals surface area contributed by atoms with Crippen LogP contribution in [0, 0.1) is 17.0 Å². The highest BCUT2D eigenvalue weighted by molar-refractivity contribution is 7.89. The van der Waals surface area contributed by atoms with Crippen LogP contribution in [0.15, 0.2) is 59.8 Å². The molecule has 11 nitrogen and oxygen atoms in total. The highest BCUT2D eigenvalue weighted by Gasteiger charge is 2.18. The Morgan fingerprint density at radius 3 is 2.70 bits per heavy atom. The van der Waals surface area contributed by atoms with E-state index < -0.39 is 20.9 Å². The number of nitro benzene ring substituents is 1. The average Bonchev–Trinajstić information content (AvgIpc) is 3.13. The zero-order valence-corrected chi connectivity index (χ0v) is 16.7. The first-order chi connectivity index (χ1) is 14.3. The Kier molecular flexibility index (Phi) is 6.18. The molecule has 0 fully saturated rings. The molecule has 0 spiro atoms. The molecule has 0 unspecified atom stereocenters. The lowest BCUT2D eigenvalue weighted by molar-refractivity contribution is -0.385. The number of nitrogens with zero attached hydrogens (tertiary/aromatic N) is 4. The van der Waals surface area contributed by atoms with E-state index in [-0.39, 0.29) is 23.7 Å². The molecular formula is C18H18N6O5S. The van der Waals surface area contributed by atoms with Crippen LogP contribution in [0.3, 0.4) is 0 Å². The van der Waals surface area contributed by atoms with Crippen LogP contribution in [0.1, 0.15) is 16.1 Å². The van der Waals surface area contributed by atoms with Crippen LogP contribution in [0.4, 0.5) is 5.69 Å². The Balaban J connectivity index is 1.58. The van der Waals surface area contributed by atoms with Crippen molar-refractivity contribution in [2.24, 2.45) is 0 Å². The summed E-state index contributed by atoms with van der Waals surface area (Å²) in [4.78, 5) is 26.5. The molecule has 3 aromatic rings. The molecule has 156 valence electrons. The second kappa shape index (κ2) is 8.80. The molecule has 0 saturated carbocycles. The Morgan fingerprint density at radius 1 is 1.20 bits per heavy atom. The lowest BCUT2D eigenvalue weighted by Crippen LogP contribution is -2.34. The van der Waals surface area contributed by atoms with Crippen molar-refractivity contribution >= 4 is 21.6 Å². The number of pyridine rings is 1. The summed E-state index contributed by atoms with van der Waals surface area (Å²) in [6.07, 6.45) is 3.02. The molecule has 2 aromatic heterocycles. The van der Waals surface area contributed by atoms with Gasteiger partial charge in [-0.1, -0.05) is 12.1 Å². The van der Waals surface area contributed by atoms with Gasteiger partial charge in [-0.15, -0.1) is 0 Å². The van der Waals surface area contributed by atoms with Crippen LogP contribution in [0.5, 0.6) is 0 Å². The number of nitro groups is 1. The summed E-state index contributed by atoms with van der Waals surface area (Å²) in [6.45, 7) is 1.65. The fraction of sp³-hybridized carbons (Fsp3) is 0.167. The standard InChI is InChI=1S/C18H18N6O5S/c1-13-16(12-21-23(13)17-7-2-3-8-19-17)18(25)20-9-10-22-30(28,29)15-6-4-5-14(11-15)24(26)27/h2-8,11-12,22H,9-10H2,1H3,(H,20,25). The molecule has 0 aliphatic carbocycles. The van der Waals surface area contributed by atoms with Crippen molar-refractivity contribution in [2.75, 3.05) is 13.1 Å². The maximum Gasteiger partial charge on any atom is 0.270 e. The molecule has 0 bridgehead atoms. The number of hydrogen-bond donors (Lipinski definition) is 2. The Hall–Kier alpha value is -3.64. The fourth-order valence-corrected chi connectivity index (χ4v) is 3.72. The molecule has 0 atom stereocenters. The number of carbonyl (C=O) groups is 1. The molecule has 0 aliphatic heterocycles. The van der Waals surface area contributed by atoms with Crippen molar-refractivity contribution in [2.45, 2.75) is 11.8 Å². The van der Waals surface area contributed by atoms with Crippen LogP contribution in [-0.2, 0) is 10.0 Å². The first kappa shape index (κ1) is 21.1. The van der Waals surface area contributed by atoms with Crippen molar-refractivity contribution in [1.29, 1.82) is 0 Å². The van der Waals surface area contributed by atoms with Gasteiger partial charge in [0.25, 0.3) is 11.6 Å². The van der Waals surface area contributed by atoms with Gasteiger partial charge < -0.3 is 5.32 Å². The number of rotatable bonds is 8. The molecule has 12 heteroatoms. The number of hydrogen-bond acceptors (Lipinski definition) is 7. The SMILES string of the molecule is Cc1c(C(=O)NCCNS(=O)(=O)c2cccc([N+](=O)[O-])c2)cnn1-c1ccccn1. The highest BCUT2D eigenvalue weighted by Crippen LogP contribution is 2.17. The number of amides is 1. The van der Waals surface area contributed by atoms with Crippen molar-refractivity contribution in [3.63, 3.8) is 0 Å². The molecular weight excluding hydrogens is 412 g/mol. The van der Waals surface area contributed by atoms with E-state index in [1.165, 1.54) is 29.1 Å². The largest absolute Gasteiger partial charge is 0.351 e. The number of sulfonamides is 1. The van der Waals surface area contributed by atoms with Crippen LogP contribution >= 0.6 is 0 Å². The predicted octanol–water partition coefficient (Wildman–Crippen LogP) is 1.19. The lowest BCUT2D eigenvalue weighted by Gasteiger charge is -2.08. The van der Waals surface area contributed by atoms with Gasteiger partial charge in [-0.2, -0.15) is 5.10 Å². The maximum atomic E-state index is 12.4. The minimum Gasteiger partial charge on any atom is -0.351 e. The van der Waals surface area contributed by atoms with E-state index in [0.29, 0.717) is 17.1 Å². The summed E-state index contributed by atoms with van der Waals surface area (Å²) < 4.78 is 28.4. The highest BCUT2D eigenvalue weighted by atomic mass is 32.2. The van der Waals surface area contributed by atoms with Gasteiger partial charge >= 0.3 is 0 Å². The quantitative estimate of drug-likeness (QED) is 0.310. The summed E-state index contributed by atoms with van der Waals surface area (Å²) in [7, 11) is -3.95. The van der Waals surface area contributed by atoms with Gasteiger partial charge in [0.1, 0.15) is 0 Å². The third kappa shape index (κ3) is 4.67. The van der Waals surface area contributed by atoms with Crippen LogP contribution in [0.25, 0.3) is 5.82 Å². The molecule has 2 heterocycles. The summed E-state index contributed by atoms with van der Waals surface area (Å²) in [5.41, 5.74) is 0.595. The van der Waals surface area contributed by atoms with Gasteiger partial charge in [0.05, 0.1) is 27.3 Å². The van der Waals surface area contributed by atoms with Gasteiger partial charge in [-0.25, -0.2) is 22.8 Å². The van der Waals surface area contributed by atoms with Crippen LogP contribution in [-0.4, -0.2) is 47.1 Å². The minimum absolute atomic E-state index is 0.0151. The van der Waals surface area contributed by atoms with Crippen LogP contribution < -0.4 is 10.0 Å². The molecule has 30 heavy (non-hydrogen) atoms. The Bertz CT molecular complexity index is 1180. The number of non-ortho nitro benzene ring substituents is 1. The smallest absolute Gasteiger partial charge is 0.270 e. The third-order valence-electron chi connectivity index (χ3n) is 4.16. The maximum absolute atomic E-state index is 12.4. The third-order valence-corrected chi connectivity index (χ3v) is 5.62. The van der Waals surface area contributed by atoms with Crippen molar-refractivity contribution in [3.05, 3.63) is 76.2 Å². The van der Waals surface area contributed by atoms with E-state index in [0.717, 1.165) is 6.07 Å². The second-order valence-electron chi connectivity index (χ2n) is 6.15. The fourth-order valence-electron chi connectivity index (χ4n) is 2.65. The van der Waals surface area contributed by atoms with E-state index in [9.17, 15) is 23.3 Å². The Labute approximate surface area is 172 Å². The van der Waals surface area contributed by atoms with Gasteiger partial charge in [-0.05, 0) is 25.1 Å². The molecule has 3 rings (SSSR count). The molecule has 1 amide bonds. The number of nitrogens with one attached hydrogen (secondary N) is 2. The first-order valence-corrected chi connectivity index (χ1v) is 10.3. The molecule has 1 aromatic carbocycles. The van der Waals surface area contributed by atoms with Gasteiger partial charge in [0.15, 0.2) is 5.82 Å². The number of benzene rings is 1. The summed E-state index contributed by atoms with van der Waals surface area (Å²) in [6, 6.07) is 10.0. The Morgan fingerprint density at radius 2 is 2.00 bits per heavy atom. The zero-order valence-electron chi connectivity index (χ0n) is 15.8. The van der Waals surface area contributed by atoms with Crippen molar-refractivity contribution < 1.29 is 18.1 Å². The first-order valence-electron chi connectivity index (χ1n) is 8.78. The summed E-state index contributed by atoms with van der Waals surface area (Å²) in [5, 5.41) is 17.6. The summed E-state index contributed by atoms with van der Waals surface area (Å²) >= 11 is 0. The number of carbonyl (C=O) groups excluding carboxylic acids is 1. The second-order valence-corrected chi connectivity index (χ2v) is 7.92. The van der Waals surface area contributed by atoms with Gasteiger partial charge in [0, 0.05) is 31.4 Å². The van der Waals surface area contributed by atoms with E-state index in [1.807, 2.05) is 0 Å². The van der Waals surface area contributed by atoms with Gasteiger partial charge in [-0.3, -0.25) is 14.9 Å². The normalized spacial score (nSPS) is 11.2. The van der Waals surface area contributed by atoms with E-state index in [4.69, 9.17) is 0 Å². The van der Waals surface area contributed by atoms with Crippen molar-refractivity contribution in [1.82, 2.24) is 24.8 Å². The van der Waals surface area contributed by atoms with E-state index >= 15 is 0 Å². The monoisotopic (exact) mass is 430 g/mol. The molecule has 0 saturated heterocycles. The van der Waals surface area contributed by atoms with Gasteiger partial charge in [0.2, 0.25) is 10.0 Å².